The number of methoxy groups -OCH3 is 1. The molecule has 0 spiro atoms. The molecule has 5 nitrogen and oxygen atoms in total. The number of aryl methyl sites for hydroxylation is 2. The van der Waals surface area contributed by atoms with Gasteiger partial charge in [-0.3, -0.25) is 4.79 Å². The van der Waals surface area contributed by atoms with Gasteiger partial charge in [0.1, 0.15) is 5.75 Å². The standard InChI is InChI=1S/C23H23N3O2/c1-26-12-11-15-17(6-4-8-21(15)26)23(27)25-20-7-3-5-16-18-13-14(28-2)9-10-19(18)24-22(16)20/h4,6,8-13,20,24H,3,5,7H2,1-2H3,(H,25,27)/t20-/m1/s1. The number of aromatic nitrogens is 2. The Morgan fingerprint density at radius 1 is 1.21 bits per heavy atom. The molecule has 2 aromatic heterocycles. The van der Waals surface area contributed by atoms with Crippen molar-refractivity contribution in [1.82, 2.24) is 14.9 Å². The van der Waals surface area contributed by atoms with Crippen molar-refractivity contribution in [3.8, 4) is 5.75 Å². The number of rotatable bonds is 3. The molecule has 142 valence electrons. The molecule has 0 saturated heterocycles. The molecule has 0 saturated carbocycles. The molecule has 0 aliphatic heterocycles. The summed E-state index contributed by atoms with van der Waals surface area (Å²) in [5.74, 6) is 0.835. The molecule has 2 heterocycles. The zero-order valence-corrected chi connectivity index (χ0v) is 16.1. The highest BCUT2D eigenvalue weighted by Crippen LogP contribution is 2.36. The van der Waals surface area contributed by atoms with E-state index in [2.05, 4.69) is 22.4 Å². The topological polar surface area (TPSA) is 59.0 Å². The summed E-state index contributed by atoms with van der Waals surface area (Å²) in [6.07, 6.45) is 5.00. The highest BCUT2D eigenvalue weighted by atomic mass is 16.5. The molecular weight excluding hydrogens is 350 g/mol. The van der Waals surface area contributed by atoms with Crippen LogP contribution in [-0.4, -0.2) is 22.6 Å². The number of nitrogens with zero attached hydrogens (tertiary/aromatic N) is 1. The van der Waals surface area contributed by atoms with E-state index >= 15 is 0 Å². The minimum Gasteiger partial charge on any atom is -0.497 e. The summed E-state index contributed by atoms with van der Waals surface area (Å²) in [7, 11) is 3.68. The fourth-order valence-corrected chi connectivity index (χ4v) is 4.45. The monoisotopic (exact) mass is 373 g/mol. The number of ether oxygens (including phenoxy) is 1. The first kappa shape index (κ1) is 16.9. The molecule has 1 atom stereocenters. The third-order valence-corrected chi connectivity index (χ3v) is 5.89. The summed E-state index contributed by atoms with van der Waals surface area (Å²) in [5, 5.41) is 5.45. The summed E-state index contributed by atoms with van der Waals surface area (Å²) in [6, 6.07) is 14.0. The van der Waals surface area contributed by atoms with Gasteiger partial charge in [0.15, 0.2) is 0 Å². The van der Waals surface area contributed by atoms with Crippen LogP contribution in [0.1, 0.15) is 40.5 Å². The lowest BCUT2D eigenvalue weighted by Gasteiger charge is -2.24. The maximum Gasteiger partial charge on any atom is 0.252 e. The third-order valence-electron chi connectivity index (χ3n) is 5.89. The fourth-order valence-electron chi connectivity index (χ4n) is 4.45. The molecule has 5 rings (SSSR count). The summed E-state index contributed by atoms with van der Waals surface area (Å²) in [4.78, 5) is 16.6. The van der Waals surface area contributed by atoms with Gasteiger partial charge < -0.3 is 19.6 Å². The number of hydrogen-bond acceptors (Lipinski definition) is 2. The Morgan fingerprint density at radius 2 is 2.11 bits per heavy atom. The molecule has 0 unspecified atom stereocenters. The van der Waals surface area contributed by atoms with Crippen LogP contribution in [0.2, 0.25) is 0 Å². The van der Waals surface area contributed by atoms with E-state index in [0.717, 1.165) is 52.7 Å². The average molecular weight is 373 g/mol. The summed E-state index contributed by atoms with van der Waals surface area (Å²) >= 11 is 0. The molecule has 1 aliphatic rings. The maximum absolute atomic E-state index is 13.1. The smallest absolute Gasteiger partial charge is 0.252 e. The van der Waals surface area contributed by atoms with Crippen LogP contribution < -0.4 is 10.1 Å². The van der Waals surface area contributed by atoms with Gasteiger partial charge in [-0.15, -0.1) is 0 Å². The first-order valence-corrected chi connectivity index (χ1v) is 9.69. The van der Waals surface area contributed by atoms with E-state index in [0.29, 0.717) is 0 Å². The molecule has 0 bridgehead atoms. The summed E-state index contributed by atoms with van der Waals surface area (Å²) in [5.41, 5.74) is 5.31. The minimum atomic E-state index is -0.0223. The van der Waals surface area contributed by atoms with Gasteiger partial charge in [-0.05, 0) is 61.2 Å². The van der Waals surface area contributed by atoms with Crippen LogP contribution in [0, 0.1) is 0 Å². The highest BCUT2D eigenvalue weighted by Gasteiger charge is 2.26. The molecule has 2 N–H and O–H groups in total. The van der Waals surface area contributed by atoms with E-state index in [1.807, 2.05) is 48.1 Å². The van der Waals surface area contributed by atoms with Crippen LogP contribution in [0.5, 0.6) is 5.75 Å². The quantitative estimate of drug-likeness (QED) is 0.556. The molecule has 1 aliphatic carbocycles. The van der Waals surface area contributed by atoms with Gasteiger partial charge >= 0.3 is 0 Å². The van der Waals surface area contributed by atoms with Crippen LogP contribution in [-0.2, 0) is 13.5 Å². The van der Waals surface area contributed by atoms with Crippen molar-refractivity contribution in [2.24, 2.45) is 7.05 Å². The first-order valence-electron chi connectivity index (χ1n) is 9.69. The number of amides is 1. The SMILES string of the molecule is COc1ccc2[nH]c3c(c2c1)CCC[C@H]3NC(=O)c1cccc2c1ccn2C. The number of fused-ring (bicyclic) bond motifs is 4. The van der Waals surface area contributed by atoms with E-state index in [9.17, 15) is 4.79 Å². The Hall–Kier alpha value is -3.21. The Kier molecular flexibility index (Phi) is 3.90. The van der Waals surface area contributed by atoms with E-state index < -0.39 is 0 Å². The number of H-pyrrole nitrogens is 1. The van der Waals surface area contributed by atoms with E-state index in [-0.39, 0.29) is 11.9 Å². The molecule has 0 radical (unpaired) electrons. The average Bonchev–Trinajstić information content (AvgIpc) is 3.29. The lowest BCUT2D eigenvalue weighted by molar-refractivity contribution is 0.0933. The largest absolute Gasteiger partial charge is 0.497 e. The number of nitrogens with one attached hydrogen (secondary N) is 2. The summed E-state index contributed by atoms with van der Waals surface area (Å²) < 4.78 is 7.43. The van der Waals surface area contributed by atoms with Gasteiger partial charge in [-0.25, -0.2) is 0 Å². The van der Waals surface area contributed by atoms with Gasteiger partial charge in [0, 0.05) is 46.3 Å². The first-order chi connectivity index (χ1) is 13.7. The summed E-state index contributed by atoms with van der Waals surface area (Å²) in [6.45, 7) is 0. The van der Waals surface area contributed by atoms with Crippen molar-refractivity contribution in [3.63, 3.8) is 0 Å². The number of carbonyl (C=O) groups excluding carboxylic acids is 1. The molecule has 5 heteroatoms. The van der Waals surface area contributed by atoms with Gasteiger partial charge in [0.05, 0.1) is 13.2 Å². The Balaban J connectivity index is 1.50. The highest BCUT2D eigenvalue weighted by molar-refractivity contribution is 6.06. The van der Waals surface area contributed by atoms with E-state index in [1.165, 1.54) is 10.9 Å². The van der Waals surface area contributed by atoms with Gasteiger partial charge in [0.25, 0.3) is 5.91 Å². The van der Waals surface area contributed by atoms with Crippen molar-refractivity contribution in [3.05, 3.63) is 65.5 Å². The Labute approximate surface area is 163 Å². The Bertz CT molecular complexity index is 1200. The zero-order chi connectivity index (χ0) is 19.3. The molecule has 2 aromatic carbocycles. The van der Waals surface area contributed by atoms with Gasteiger partial charge in [-0.1, -0.05) is 6.07 Å². The van der Waals surface area contributed by atoms with Crippen LogP contribution in [0.15, 0.2) is 48.7 Å². The van der Waals surface area contributed by atoms with Crippen molar-refractivity contribution in [2.75, 3.05) is 7.11 Å². The maximum atomic E-state index is 13.1. The predicted octanol–water partition coefficient (Wildman–Crippen LogP) is 4.48. The Morgan fingerprint density at radius 3 is 2.96 bits per heavy atom. The number of benzene rings is 2. The normalized spacial score (nSPS) is 16.3. The molecule has 1 amide bonds. The molecule has 4 aromatic rings. The fraction of sp³-hybridized carbons (Fsp3) is 0.261. The lowest BCUT2D eigenvalue weighted by Crippen LogP contribution is -2.31. The van der Waals surface area contributed by atoms with Crippen molar-refractivity contribution in [1.29, 1.82) is 0 Å². The lowest BCUT2D eigenvalue weighted by atomic mass is 9.91. The van der Waals surface area contributed by atoms with E-state index in [1.54, 1.807) is 7.11 Å². The predicted molar refractivity (Wildman–Crippen MR) is 111 cm³/mol. The van der Waals surface area contributed by atoms with Crippen LogP contribution in [0.4, 0.5) is 0 Å². The third kappa shape index (κ3) is 2.58. The van der Waals surface area contributed by atoms with Crippen molar-refractivity contribution >= 4 is 27.7 Å². The molecular formula is C23H23N3O2. The zero-order valence-electron chi connectivity index (χ0n) is 16.1. The van der Waals surface area contributed by atoms with Gasteiger partial charge in [-0.2, -0.15) is 0 Å². The second-order valence-corrected chi connectivity index (χ2v) is 7.51. The van der Waals surface area contributed by atoms with Crippen LogP contribution in [0.25, 0.3) is 21.8 Å². The van der Waals surface area contributed by atoms with Crippen molar-refractivity contribution in [2.45, 2.75) is 25.3 Å². The minimum absolute atomic E-state index is 0.00591. The van der Waals surface area contributed by atoms with Crippen molar-refractivity contribution < 1.29 is 9.53 Å². The van der Waals surface area contributed by atoms with Crippen LogP contribution >= 0.6 is 0 Å². The number of aromatic amines is 1. The van der Waals surface area contributed by atoms with Crippen LogP contribution in [0.3, 0.4) is 0 Å². The van der Waals surface area contributed by atoms with E-state index in [4.69, 9.17) is 4.74 Å². The number of carbonyl (C=O) groups is 1. The molecule has 28 heavy (non-hydrogen) atoms. The number of hydrogen-bond donors (Lipinski definition) is 2. The molecule has 0 fully saturated rings. The second-order valence-electron chi connectivity index (χ2n) is 7.51. The van der Waals surface area contributed by atoms with Gasteiger partial charge in [0.2, 0.25) is 0 Å². The second kappa shape index (κ2) is 6.44.